The summed E-state index contributed by atoms with van der Waals surface area (Å²) in [6.07, 6.45) is 5.88. The van der Waals surface area contributed by atoms with Gasteiger partial charge in [0.05, 0.1) is 6.04 Å². The fourth-order valence-electron chi connectivity index (χ4n) is 2.96. The maximum Gasteiger partial charge on any atom is 0.239 e. The van der Waals surface area contributed by atoms with Crippen molar-refractivity contribution in [3.63, 3.8) is 0 Å². The fraction of sp³-hybridized carbons (Fsp3) is 0.857. The van der Waals surface area contributed by atoms with Crippen LogP contribution in [-0.2, 0) is 9.59 Å². The average molecular weight is 267 g/mol. The van der Waals surface area contributed by atoms with E-state index >= 15 is 0 Å². The van der Waals surface area contributed by atoms with Gasteiger partial charge in [0.1, 0.15) is 0 Å². The molecule has 1 N–H and O–H groups in total. The molecule has 2 aliphatic rings. The minimum absolute atomic E-state index is 0.0566. The molecule has 2 amide bonds. The number of amides is 2. The first-order chi connectivity index (χ1) is 9.22. The van der Waals surface area contributed by atoms with Crippen molar-refractivity contribution < 1.29 is 9.59 Å². The molecule has 0 aromatic carbocycles. The van der Waals surface area contributed by atoms with E-state index in [-0.39, 0.29) is 17.9 Å². The monoisotopic (exact) mass is 267 g/mol. The molecule has 0 bridgehead atoms. The molecule has 2 saturated heterocycles. The van der Waals surface area contributed by atoms with Gasteiger partial charge in [-0.3, -0.25) is 9.59 Å². The van der Waals surface area contributed by atoms with Gasteiger partial charge in [-0.1, -0.05) is 0 Å². The van der Waals surface area contributed by atoms with Crippen LogP contribution < -0.4 is 5.32 Å². The third-order valence-corrected chi connectivity index (χ3v) is 4.18. The molecule has 19 heavy (non-hydrogen) atoms. The molecular formula is C14H25N3O2. The van der Waals surface area contributed by atoms with Crippen molar-refractivity contribution in [1.82, 2.24) is 15.1 Å². The van der Waals surface area contributed by atoms with E-state index in [4.69, 9.17) is 0 Å². The Hall–Kier alpha value is -1.10. The minimum Gasteiger partial charge on any atom is -0.343 e. The van der Waals surface area contributed by atoms with Crippen molar-refractivity contribution in [2.75, 3.05) is 33.2 Å². The number of carbonyl (C=O) groups excluding carboxylic acids is 2. The molecule has 1 atom stereocenters. The maximum absolute atomic E-state index is 12.1. The number of likely N-dealkylation sites (N-methyl/N-ethyl adjacent to an activating group) is 1. The van der Waals surface area contributed by atoms with Crippen LogP contribution in [0.5, 0.6) is 0 Å². The highest BCUT2D eigenvalue weighted by Gasteiger charge is 2.28. The number of piperidine rings is 2. The Morgan fingerprint density at radius 3 is 2.63 bits per heavy atom. The highest BCUT2D eigenvalue weighted by atomic mass is 16.2. The molecule has 2 rings (SSSR count). The molecule has 5 heteroatoms. The van der Waals surface area contributed by atoms with Crippen LogP contribution in [-0.4, -0.2) is 60.9 Å². The largest absolute Gasteiger partial charge is 0.343 e. The SMILES string of the molecule is CNC1CCCN(CCC(=O)N2CCCCC2)C1=O. The van der Waals surface area contributed by atoms with Gasteiger partial charge in [-0.25, -0.2) is 0 Å². The molecule has 0 saturated carbocycles. The van der Waals surface area contributed by atoms with Crippen molar-refractivity contribution in [3.05, 3.63) is 0 Å². The second kappa shape index (κ2) is 6.89. The molecular weight excluding hydrogens is 242 g/mol. The van der Waals surface area contributed by atoms with Crippen LogP contribution in [0.15, 0.2) is 0 Å². The van der Waals surface area contributed by atoms with Crippen LogP contribution in [0, 0.1) is 0 Å². The van der Waals surface area contributed by atoms with E-state index in [1.807, 2.05) is 16.8 Å². The summed E-state index contributed by atoms with van der Waals surface area (Å²) in [5, 5.41) is 3.05. The number of nitrogens with one attached hydrogen (secondary N) is 1. The summed E-state index contributed by atoms with van der Waals surface area (Å²) < 4.78 is 0. The van der Waals surface area contributed by atoms with Crippen LogP contribution in [0.2, 0.25) is 0 Å². The summed E-state index contributed by atoms with van der Waals surface area (Å²) in [6, 6.07) is -0.0566. The molecule has 0 aromatic rings. The number of hydrogen-bond donors (Lipinski definition) is 1. The summed E-state index contributed by atoms with van der Waals surface area (Å²) in [4.78, 5) is 27.9. The zero-order valence-electron chi connectivity index (χ0n) is 11.9. The first kappa shape index (κ1) is 14.3. The average Bonchev–Trinajstić information content (AvgIpc) is 2.47. The second-order valence-electron chi connectivity index (χ2n) is 5.50. The van der Waals surface area contributed by atoms with E-state index in [0.29, 0.717) is 13.0 Å². The summed E-state index contributed by atoms with van der Waals surface area (Å²) in [5.74, 6) is 0.360. The highest BCUT2D eigenvalue weighted by Crippen LogP contribution is 2.14. The zero-order chi connectivity index (χ0) is 13.7. The van der Waals surface area contributed by atoms with Gasteiger partial charge < -0.3 is 15.1 Å². The number of carbonyl (C=O) groups is 2. The van der Waals surface area contributed by atoms with Crippen molar-refractivity contribution >= 4 is 11.8 Å². The molecule has 2 aliphatic heterocycles. The van der Waals surface area contributed by atoms with Crippen LogP contribution >= 0.6 is 0 Å². The Morgan fingerprint density at radius 1 is 1.21 bits per heavy atom. The number of likely N-dealkylation sites (tertiary alicyclic amines) is 2. The van der Waals surface area contributed by atoms with Crippen LogP contribution in [0.1, 0.15) is 38.5 Å². The number of nitrogens with zero attached hydrogens (tertiary/aromatic N) is 2. The molecule has 5 nitrogen and oxygen atoms in total. The van der Waals surface area contributed by atoms with Gasteiger partial charge in [-0.15, -0.1) is 0 Å². The fourth-order valence-corrected chi connectivity index (χ4v) is 2.96. The molecule has 2 heterocycles. The Morgan fingerprint density at radius 2 is 1.95 bits per heavy atom. The van der Waals surface area contributed by atoms with E-state index in [0.717, 1.165) is 45.3 Å². The van der Waals surface area contributed by atoms with E-state index in [1.54, 1.807) is 0 Å². The summed E-state index contributed by atoms with van der Waals surface area (Å²) in [5.41, 5.74) is 0. The topological polar surface area (TPSA) is 52.7 Å². The third-order valence-electron chi connectivity index (χ3n) is 4.18. The van der Waals surface area contributed by atoms with Gasteiger partial charge in [0.15, 0.2) is 0 Å². The quantitative estimate of drug-likeness (QED) is 0.811. The summed E-state index contributed by atoms with van der Waals surface area (Å²) in [6.45, 7) is 3.16. The minimum atomic E-state index is -0.0566. The van der Waals surface area contributed by atoms with Gasteiger partial charge in [0, 0.05) is 32.6 Å². The Kier molecular flexibility index (Phi) is 5.19. The normalized spacial score (nSPS) is 24.7. The number of rotatable bonds is 4. The Labute approximate surface area is 115 Å². The first-order valence-electron chi connectivity index (χ1n) is 7.46. The maximum atomic E-state index is 12.1. The zero-order valence-corrected chi connectivity index (χ0v) is 11.9. The van der Waals surface area contributed by atoms with Crippen molar-refractivity contribution in [3.8, 4) is 0 Å². The van der Waals surface area contributed by atoms with Gasteiger partial charge in [-0.2, -0.15) is 0 Å². The van der Waals surface area contributed by atoms with E-state index in [2.05, 4.69) is 5.32 Å². The molecule has 1 unspecified atom stereocenters. The molecule has 2 fully saturated rings. The van der Waals surface area contributed by atoms with E-state index in [1.165, 1.54) is 6.42 Å². The second-order valence-corrected chi connectivity index (χ2v) is 5.50. The van der Waals surface area contributed by atoms with E-state index < -0.39 is 0 Å². The highest BCUT2D eigenvalue weighted by molar-refractivity contribution is 5.83. The van der Waals surface area contributed by atoms with Crippen molar-refractivity contribution in [2.24, 2.45) is 0 Å². The molecule has 0 aliphatic carbocycles. The molecule has 108 valence electrons. The van der Waals surface area contributed by atoms with Crippen LogP contribution in [0.4, 0.5) is 0 Å². The molecule has 0 radical (unpaired) electrons. The van der Waals surface area contributed by atoms with Crippen molar-refractivity contribution in [2.45, 2.75) is 44.6 Å². The lowest BCUT2D eigenvalue weighted by Crippen LogP contribution is -2.50. The molecule has 0 aromatic heterocycles. The summed E-state index contributed by atoms with van der Waals surface area (Å²) >= 11 is 0. The molecule has 0 spiro atoms. The Bertz CT molecular complexity index is 327. The lowest BCUT2D eigenvalue weighted by molar-refractivity contribution is -0.137. The van der Waals surface area contributed by atoms with Gasteiger partial charge in [0.25, 0.3) is 0 Å². The van der Waals surface area contributed by atoms with Gasteiger partial charge in [-0.05, 0) is 39.2 Å². The predicted molar refractivity (Wildman–Crippen MR) is 73.7 cm³/mol. The summed E-state index contributed by atoms with van der Waals surface area (Å²) in [7, 11) is 1.82. The lowest BCUT2D eigenvalue weighted by Gasteiger charge is -2.33. The van der Waals surface area contributed by atoms with Gasteiger partial charge in [0.2, 0.25) is 11.8 Å². The smallest absolute Gasteiger partial charge is 0.239 e. The van der Waals surface area contributed by atoms with Crippen LogP contribution in [0.3, 0.4) is 0 Å². The van der Waals surface area contributed by atoms with Gasteiger partial charge >= 0.3 is 0 Å². The lowest BCUT2D eigenvalue weighted by atomic mass is 10.0. The Balaban J connectivity index is 1.77. The third kappa shape index (κ3) is 3.69. The predicted octanol–water partition coefficient (Wildman–Crippen LogP) is 0.599. The van der Waals surface area contributed by atoms with E-state index in [9.17, 15) is 9.59 Å². The number of hydrogen-bond acceptors (Lipinski definition) is 3. The first-order valence-corrected chi connectivity index (χ1v) is 7.46. The van der Waals surface area contributed by atoms with Crippen molar-refractivity contribution in [1.29, 1.82) is 0 Å². The standard InChI is InChI=1S/C14H25N3O2/c1-15-12-6-5-10-17(14(12)19)11-7-13(18)16-8-3-2-4-9-16/h12,15H,2-11H2,1H3. The van der Waals surface area contributed by atoms with Crippen LogP contribution in [0.25, 0.3) is 0 Å².